The molecule has 1 heterocycles. The van der Waals surface area contributed by atoms with Gasteiger partial charge >= 0.3 is 0 Å². The highest BCUT2D eigenvalue weighted by Crippen LogP contribution is 2.31. The number of nitrogens with zero attached hydrogens (tertiary/aromatic N) is 1. The van der Waals surface area contributed by atoms with Gasteiger partial charge in [0.15, 0.2) is 0 Å². The van der Waals surface area contributed by atoms with Crippen LogP contribution < -0.4 is 22.1 Å². The van der Waals surface area contributed by atoms with E-state index < -0.39 is 0 Å². The zero-order valence-electron chi connectivity index (χ0n) is 15.4. The summed E-state index contributed by atoms with van der Waals surface area (Å²) in [7, 11) is 0. The number of aryl methyl sites for hydroxylation is 1. The summed E-state index contributed by atoms with van der Waals surface area (Å²) < 4.78 is 0. The van der Waals surface area contributed by atoms with Gasteiger partial charge in [-0.05, 0) is 31.5 Å². The molecule has 0 radical (unpaired) electrons. The highest BCUT2D eigenvalue weighted by atomic mass is 35.5. The number of anilines is 1. The van der Waals surface area contributed by atoms with Crippen LogP contribution in [0.3, 0.4) is 0 Å². The van der Waals surface area contributed by atoms with Crippen LogP contribution in [0.25, 0.3) is 21.8 Å². The standard InChI is InChI=1S/C20H25N5O.ClH/c1-13-5-2-6-14-17(22)15-7-3-8-16(19(15)25-18(13)14)20(26)24-11-4-10-23-12-9-21;/h2-3,5-8,23H,4,9-12,21H2,1H3,(H2,22,25)(H,24,26);1H. The molecule has 2 aromatic carbocycles. The Balaban J connectivity index is 0.00000261. The number of halogens is 1. The number of hydrogen-bond donors (Lipinski definition) is 4. The van der Waals surface area contributed by atoms with Gasteiger partial charge < -0.3 is 22.1 Å². The molecule has 1 amide bonds. The van der Waals surface area contributed by atoms with Gasteiger partial charge in [0.05, 0.1) is 22.3 Å². The van der Waals surface area contributed by atoms with Crippen LogP contribution in [0, 0.1) is 6.92 Å². The molecule has 0 aliphatic heterocycles. The predicted octanol–water partition coefficient (Wildman–Crippen LogP) is 2.37. The molecule has 3 rings (SSSR count). The number of carbonyl (C=O) groups is 1. The van der Waals surface area contributed by atoms with E-state index in [-0.39, 0.29) is 18.3 Å². The van der Waals surface area contributed by atoms with E-state index in [2.05, 4.69) is 10.6 Å². The van der Waals surface area contributed by atoms with Gasteiger partial charge in [-0.25, -0.2) is 4.98 Å². The molecular formula is C20H26ClN5O. The van der Waals surface area contributed by atoms with Crippen LogP contribution in [0.1, 0.15) is 22.3 Å². The lowest BCUT2D eigenvalue weighted by molar-refractivity contribution is 0.0954. The van der Waals surface area contributed by atoms with Crippen molar-refractivity contribution in [1.29, 1.82) is 0 Å². The van der Waals surface area contributed by atoms with Crippen molar-refractivity contribution in [2.45, 2.75) is 13.3 Å². The minimum atomic E-state index is -0.130. The molecule has 144 valence electrons. The first-order chi connectivity index (χ1) is 12.6. The Hall–Kier alpha value is -2.41. The molecule has 0 unspecified atom stereocenters. The van der Waals surface area contributed by atoms with E-state index >= 15 is 0 Å². The van der Waals surface area contributed by atoms with E-state index in [0.29, 0.717) is 29.9 Å². The van der Waals surface area contributed by atoms with Crippen molar-refractivity contribution in [2.24, 2.45) is 5.73 Å². The Morgan fingerprint density at radius 1 is 1.04 bits per heavy atom. The molecule has 6 N–H and O–H groups in total. The zero-order chi connectivity index (χ0) is 18.5. The summed E-state index contributed by atoms with van der Waals surface area (Å²) in [6, 6.07) is 11.5. The quantitative estimate of drug-likeness (QED) is 0.368. The average molecular weight is 388 g/mol. The van der Waals surface area contributed by atoms with Crippen LogP contribution >= 0.6 is 12.4 Å². The zero-order valence-corrected chi connectivity index (χ0v) is 16.2. The van der Waals surface area contributed by atoms with Gasteiger partial charge in [0, 0.05) is 30.4 Å². The summed E-state index contributed by atoms with van der Waals surface area (Å²) >= 11 is 0. The van der Waals surface area contributed by atoms with Gasteiger partial charge in [0.25, 0.3) is 5.91 Å². The van der Waals surface area contributed by atoms with E-state index in [1.807, 2.05) is 37.3 Å². The highest BCUT2D eigenvalue weighted by Gasteiger charge is 2.15. The Labute approximate surface area is 165 Å². The van der Waals surface area contributed by atoms with Gasteiger partial charge in [-0.1, -0.05) is 30.3 Å². The third-order valence-electron chi connectivity index (χ3n) is 4.46. The van der Waals surface area contributed by atoms with Crippen LogP contribution in [-0.2, 0) is 0 Å². The summed E-state index contributed by atoms with van der Waals surface area (Å²) in [5, 5.41) is 7.89. The molecule has 0 saturated heterocycles. The Morgan fingerprint density at radius 3 is 2.48 bits per heavy atom. The second-order valence-corrected chi connectivity index (χ2v) is 6.35. The topological polar surface area (TPSA) is 106 Å². The lowest BCUT2D eigenvalue weighted by atomic mass is 10.0. The maximum atomic E-state index is 12.6. The first-order valence-corrected chi connectivity index (χ1v) is 8.90. The SMILES string of the molecule is Cc1cccc2c(N)c3cccc(C(=O)NCCCNCCN)c3nc12.Cl. The monoisotopic (exact) mass is 387 g/mol. The molecule has 1 aromatic heterocycles. The molecule has 0 bridgehead atoms. The number of pyridine rings is 1. The fourth-order valence-electron chi connectivity index (χ4n) is 3.08. The number of nitrogen functional groups attached to an aromatic ring is 1. The minimum absolute atomic E-state index is 0. The van der Waals surface area contributed by atoms with Crippen molar-refractivity contribution < 1.29 is 4.79 Å². The third kappa shape index (κ3) is 4.47. The normalized spacial score (nSPS) is 10.7. The fraction of sp³-hybridized carbons (Fsp3) is 0.300. The molecule has 0 spiro atoms. The maximum Gasteiger partial charge on any atom is 0.253 e. The molecule has 0 aliphatic carbocycles. The van der Waals surface area contributed by atoms with Crippen LogP contribution in [0.15, 0.2) is 36.4 Å². The molecule has 6 nitrogen and oxygen atoms in total. The second-order valence-electron chi connectivity index (χ2n) is 6.35. The van der Waals surface area contributed by atoms with Crippen molar-refractivity contribution in [2.75, 3.05) is 31.9 Å². The van der Waals surface area contributed by atoms with E-state index in [4.69, 9.17) is 16.5 Å². The summed E-state index contributed by atoms with van der Waals surface area (Å²) in [5.74, 6) is -0.130. The number of benzene rings is 2. The van der Waals surface area contributed by atoms with Crippen molar-refractivity contribution in [3.8, 4) is 0 Å². The number of amides is 1. The highest BCUT2D eigenvalue weighted by molar-refractivity contribution is 6.13. The molecule has 0 atom stereocenters. The first kappa shape index (κ1) is 20.9. The summed E-state index contributed by atoms with van der Waals surface area (Å²) in [6.45, 7) is 4.81. The van der Waals surface area contributed by atoms with Crippen molar-refractivity contribution >= 4 is 45.8 Å². The van der Waals surface area contributed by atoms with Crippen molar-refractivity contribution in [1.82, 2.24) is 15.6 Å². The number of fused-ring (bicyclic) bond motifs is 2. The Kier molecular flexibility index (Phi) is 7.36. The Morgan fingerprint density at radius 2 is 1.74 bits per heavy atom. The minimum Gasteiger partial charge on any atom is -0.398 e. The van der Waals surface area contributed by atoms with Gasteiger partial charge in [-0.15, -0.1) is 12.4 Å². The van der Waals surface area contributed by atoms with Gasteiger partial charge in [-0.2, -0.15) is 0 Å². The summed E-state index contributed by atoms with van der Waals surface area (Å²) in [4.78, 5) is 17.4. The molecule has 0 aliphatic rings. The van der Waals surface area contributed by atoms with E-state index in [1.165, 1.54) is 0 Å². The molecular weight excluding hydrogens is 362 g/mol. The molecule has 0 saturated carbocycles. The maximum absolute atomic E-state index is 12.6. The fourth-order valence-corrected chi connectivity index (χ4v) is 3.08. The van der Waals surface area contributed by atoms with Crippen LogP contribution in [0.5, 0.6) is 0 Å². The van der Waals surface area contributed by atoms with Crippen LogP contribution in [0.2, 0.25) is 0 Å². The van der Waals surface area contributed by atoms with E-state index in [9.17, 15) is 4.79 Å². The van der Waals surface area contributed by atoms with Gasteiger partial charge in [0.2, 0.25) is 0 Å². The summed E-state index contributed by atoms with van der Waals surface area (Å²) in [5.41, 5.74) is 15.5. The lowest BCUT2D eigenvalue weighted by Gasteiger charge is -2.12. The number of nitrogens with two attached hydrogens (primary N) is 2. The van der Waals surface area contributed by atoms with Crippen LogP contribution in [0.4, 0.5) is 5.69 Å². The number of para-hydroxylation sites is 2. The van der Waals surface area contributed by atoms with Crippen molar-refractivity contribution in [3.05, 3.63) is 47.5 Å². The van der Waals surface area contributed by atoms with Crippen LogP contribution in [-0.4, -0.2) is 37.1 Å². The Bertz CT molecular complexity index is 944. The van der Waals surface area contributed by atoms with E-state index in [0.717, 1.165) is 41.4 Å². The largest absolute Gasteiger partial charge is 0.398 e. The van der Waals surface area contributed by atoms with Gasteiger partial charge in [-0.3, -0.25) is 4.79 Å². The lowest BCUT2D eigenvalue weighted by Crippen LogP contribution is -2.29. The number of hydrogen-bond acceptors (Lipinski definition) is 5. The third-order valence-corrected chi connectivity index (χ3v) is 4.46. The number of carbonyl (C=O) groups excluding carboxylic acids is 1. The molecule has 0 fully saturated rings. The molecule has 7 heteroatoms. The molecule has 27 heavy (non-hydrogen) atoms. The molecule has 3 aromatic rings. The smallest absolute Gasteiger partial charge is 0.253 e. The van der Waals surface area contributed by atoms with Crippen molar-refractivity contribution in [3.63, 3.8) is 0 Å². The number of aromatic nitrogens is 1. The average Bonchev–Trinajstić information content (AvgIpc) is 2.65. The second kappa shape index (κ2) is 9.50. The number of nitrogens with one attached hydrogen (secondary N) is 2. The predicted molar refractivity (Wildman–Crippen MR) is 115 cm³/mol. The van der Waals surface area contributed by atoms with Gasteiger partial charge in [0.1, 0.15) is 0 Å². The number of rotatable bonds is 7. The first-order valence-electron chi connectivity index (χ1n) is 8.90. The summed E-state index contributed by atoms with van der Waals surface area (Å²) in [6.07, 6.45) is 0.841. The van der Waals surface area contributed by atoms with E-state index in [1.54, 1.807) is 6.07 Å².